The van der Waals surface area contributed by atoms with Crippen molar-refractivity contribution in [1.29, 1.82) is 0 Å². The number of hydrogen-bond donors (Lipinski definition) is 0. The monoisotopic (exact) mass is 258 g/mol. The third kappa shape index (κ3) is 1.81. The van der Waals surface area contributed by atoms with Crippen LogP contribution in [0.1, 0.15) is 28.7 Å². The van der Waals surface area contributed by atoms with Gasteiger partial charge in [-0.25, -0.2) is 0 Å². The Morgan fingerprint density at radius 1 is 1.00 bits per heavy atom. The van der Waals surface area contributed by atoms with Gasteiger partial charge >= 0.3 is 0 Å². The number of rotatable bonds is 1. The van der Waals surface area contributed by atoms with Gasteiger partial charge in [0.25, 0.3) is 0 Å². The third-order valence-electron chi connectivity index (χ3n) is 3.84. The lowest BCUT2D eigenvalue weighted by Gasteiger charge is -2.09. The molecule has 0 radical (unpaired) electrons. The molecule has 3 rings (SSSR count). The molecule has 2 aromatic rings. The van der Waals surface area contributed by atoms with E-state index in [1.165, 1.54) is 30.4 Å². The van der Waals surface area contributed by atoms with E-state index in [0.29, 0.717) is 5.15 Å². The highest BCUT2D eigenvalue weighted by atomic mass is 35.5. The molecule has 0 saturated carbocycles. The zero-order chi connectivity index (χ0) is 12.7. The summed E-state index contributed by atoms with van der Waals surface area (Å²) in [4.78, 5) is 0. The molecule has 0 fully saturated rings. The summed E-state index contributed by atoms with van der Waals surface area (Å²) in [5, 5.41) is 8.77. The van der Waals surface area contributed by atoms with Gasteiger partial charge in [-0.15, -0.1) is 10.2 Å². The van der Waals surface area contributed by atoms with Gasteiger partial charge in [0.1, 0.15) is 0 Å². The molecule has 1 aliphatic rings. The van der Waals surface area contributed by atoms with Gasteiger partial charge in [-0.3, -0.25) is 0 Å². The fourth-order valence-corrected chi connectivity index (χ4v) is 2.75. The summed E-state index contributed by atoms with van der Waals surface area (Å²) in [6.07, 6.45) is 3.66. The molecule has 2 nitrogen and oxygen atoms in total. The van der Waals surface area contributed by atoms with Crippen molar-refractivity contribution >= 4 is 11.6 Å². The maximum absolute atomic E-state index is 5.99. The molecule has 0 N–H and O–H groups in total. The lowest BCUT2D eigenvalue weighted by molar-refractivity contribution is 0.912. The fourth-order valence-electron chi connectivity index (χ4n) is 2.57. The Kier molecular flexibility index (Phi) is 2.83. The predicted molar refractivity (Wildman–Crippen MR) is 74.0 cm³/mol. The summed E-state index contributed by atoms with van der Waals surface area (Å²) >= 11 is 5.99. The van der Waals surface area contributed by atoms with Gasteiger partial charge in [-0.05, 0) is 61.4 Å². The highest BCUT2D eigenvalue weighted by molar-refractivity contribution is 6.30. The van der Waals surface area contributed by atoms with Gasteiger partial charge in [0.15, 0.2) is 5.15 Å². The Hall–Kier alpha value is -1.41. The summed E-state index contributed by atoms with van der Waals surface area (Å²) in [6, 6.07) is 6.63. The maximum Gasteiger partial charge on any atom is 0.154 e. The van der Waals surface area contributed by atoms with Crippen LogP contribution in [0.25, 0.3) is 11.3 Å². The topological polar surface area (TPSA) is 25.8 Å². The molecule has 0 saturated heterocycles. The van der Waals surface area contributed by atoms with Crippen LogP contribution in [-0.4, -0.2) is 10.2 Å². The lowest BCUT2D eigenvalue weighted by Crippen LogP contribution is -1.97. The number of halogens is 1. The summed E-state index contributed by atoms with van der Waals surface area (Å²) in [6.45, 7) is 4.04. The zero-order valence-electron chi connectivity index (χ0n) is 10.6. The van der Waals surface area contributed by atoms with Gasteiger partial charge in [0.2, 0.25) is 0 Å². The molecule has 1 heterocycles. The van der Waals surface area contributed by atoms with Gasteiger partial charge in [0, 0.05) is 5.56 Å². The summed E-state index contributed by atoms with van der Waals surface area (Å²) in [7, 11) is 0. The molecule has 92 valence electrons. The largest absolute Gasteiger partial charge is 0.154 e. The smallest absolute Gasteiger partial charge is 0.149 e. The standard InChI is InChI=1S/C15H15ClN2/c1-9-10(2)15(16)18-17-14(9)13-7-6-11-4-3-5-12(11)8-13/h6-8H,3-5H2,1-2H3. The average molecular weight is 259 g/mol. The molecule has 1 aromatic heterocycles. The van der Waals surface area contributed by atoms with Crippen molar-refractivity contribution in [3.05, 3.63) is 45.6 Å². The second-order valence-corrected chi connectivity index (χ2v) is 5.28. The number of hydrogen-bond acceptors (Lipinski definition) is 2. The number of benzene rings is 1. The Morgan fingerprint density at radius 2 is 1.78 bits per heavy atom. The minimum absolute atomic E-state index is 0.498. The molecule has 3 heteroatoms. The maximum atomic E-state index is 5.99. The Balaban J connectivity index is 2.13. The van der Waals surface area contributed by atoms with Crippen molar-refractivity contribution in [2.24, 2.45) is 0 Å². The lowest BCUT2D eigenvalue weighted by atomic mass is 10.0. The van der Waals surface area contributed by atoms with Crippen molar-refractivity contribution in [2.45, 2.75) is 33.1 Å². The first-order valence-corrected chi connectivity index (χ1v) is 6.66. The van der Waals surface area contributed by atoms with Crippen molar-refractivity contribution in [2.75, 3.05) is 0 Å². The zero-order valence-corrected chi connectivity index (χ0v) is 11.4. The third-order valence-corrected chi connectivity index (χ3v) is 4.20. The van der Waals surface area contributed by atoms with E-state index >= 15 is 0 Å². The summed E-state index contributed by atoms with van der Waals surface area (Å²) in [5.74, 6) is 0. The average Bonchev–Trinajstić information content (AvgIpc) is 2.83. The van der Waals surface area contributed by atoms with Crippen molar-refractivity contribution < 1.29 is 0 Å². The van der Waals surface area contributed by atoms with Crippen molar-refractivity contribution in [3.8, 4) is 11.3 Å². The molecule has 0 amide bonds. The van der Waals surface area contributed by atoms with Gasteiger partial charge < -0.3 is 0 Å². The number of aromatic nitrogens is 2. The number of fused-ring (bicyclic) bond motifs is 1. The van der Waals surface area contributed by atoms with Gasteiger partial charge in [-0.2, -0.15) is 0 Å². The van der Waals surface area contributed by atoms with E-state index in [2.05, 4.69) is 35.3 Å². The SMILES string of the molecule is Cc1c(Cl)nnc(-c2ccc3c(c2)CCC3)c1C. The minimum atomic E-state index is 0.498. The fraction of sp³-hybridized carbons (Fsp3) is 0.333. The van der Waals surface area contributed by atoms with E-state index in [-0.39, 0.29) is 0 Å². The van der Waals surface area contributed by atoms with E-state index in [9.17, 15) is 0 Å². The first-order chi connectivity index (χ1) is 8.66. The predicted octanol–water partition coefficient (Wildman–Crippen LogP) is 3.90. The number of aryl methyl sites for hydroxylation is 2. The van der Waals surface area contributed by atoms with Crippen LogP contribution in [0, 0.1) is 13.8 Å². The molecule has 0 spiro atoms. The Bertz CT molecular complexity index is 620. The van der Waals surface area contributed by atoms with Crippen LogP contribution in [0.3, 0.4) is 0 Å². The van der Waals surface area contributed by atoms with Gasteiger partial charge in [-0.1, -0.05) is 23.7 Å². The highest BCUT2D eigenvalue weighted by Gasteiger charge is 2.14. The van der Waals surface area contributed by atoms with Crippen LogP contribution < -0.4 is 0 Å². The number of nitrogens with zero attached hydrogens (tertiary/aromatic N) is 2. The summed E-state index contributed by atoms with van der Waals surface area (Å²) < 4.78 is 0. The van der Waals surface area contributed by atoms with E-state index in [4.69, 9.17) is 11.6 Å². The van der Waals surface area contributed by atoms with E-state index in [1.807, 2.05) is 6.92 Å². The molecular formula is C15H15ClN2. The minimum Gasteiger partial charge on any atom is -0.149 e. The molecule has 0 bridgehead atoms. The van der Waals surface area contributed by atoms with Crippen LogP contribution >= 0.6 is 11.6 Å². The molecule has 1 aromatic carbocycles. The van der Waals surface area contributed by atoms with Crippen molar-refractivity contribution in [1.82, 2.24) is 10.2 Å². The Morgan fingerprint density at radius 3 is 2.61 bits per heavy atom. The van der Waals surface area contributed by atoms with Crippen LogP contribution in [0.2, 0.25) is 5.15 Å². The van der Waals surface area contributed by atoms with Crippen LogP contribution in [0.5, 0.6) is 0 Å². The Labute approximate surface area is 112 Å². The first-order valence-electron chi connectivity index (χ1n) is 6.28. The van der Waals surface area contributed by atoms with Crippen LogP contribution in [-0.2, 0) is 12.8 Å². The van der Waals surface area contributed by atoms with E-state index in [0.717, 1.165) is 22.4 Å². The normalized spacial score (nSPS) is 13.7. The first kappa shape index (κ1) is 11.7. The van der Waals surface area contributed by atoms with Gasteiger partial charge in [0.05, 0.1) is 5.69 Å². The molecule has 0 aliphatic heterocycles. The molecule has 18 heavy (non-hydrogen) atoms. The van der Waals surface area contributed by atoms with E-state index < -0.39 is 0 Å². The molecular weight excluding hydrogens is 244 g/mol. The van der Waals surface area contributed by atoms with Crippen LogP contribution in [0.4, 0.5) is 0 Å². The van der Waals surface area contributed by atoms with E-state index in [1.54, 1.807) is 0 Å². The molecule has 0 atom stereocenters. The highest BCUT2D eigenvalue weighted by Crippen LogP contribution is 2.30. The molecule has 0 unspecified atom stereocenters. The second kappa shape index (κ2) is 4.36. The van der Waals surface area contributed by atoms with Crippen LogP contribution in [0.15, 0.2) is 18.2 Å². The summed E-state index contributed by atoms with van der Waals surface area (Å²) in [5.41, 5.74) is 7.18. The molecule has 1 aliphatic carbocycles. The quantitative estimate of drug-likeness (QED) is 0.775. The van der Waals surface area contributed by atoms with Crippen molar-refractivity contribution in [3.63, 3.8) is 0 Å². The second-order valence-electron chi connectivity index (χ2n) is 4.93.